The van der Waals surface area contributed by atoms with Gasteiger partial charge in [0.05, 0.1) is 5.69 Å². The Morgan fingerprint density at radius 2 is 1.92 bits per heavy atom. The van der Waals surface area contributed by atoms with Crippen molar-refractivity contribution >= 4 is 23.4 Å². The predicted octanol–water partition coefficient (Wildman–Crippen LogP) is 0.870. The molecule has 0 spiro atoms. The molecule has 2 heterocycles. The minimum Gasteiger partial charge on any atom is -0.312 e. The number of amides is 3. The van der Waals surface area contributed by atoms with Gasteiger partial charge in [-0.3, -0.25) is 29.9 Å². The first-order valence-electron chi connectivity index (χ1n) is 8.36. The minimum atomic E-state index is -0.407. The third-order valence-electron chi connectivity index (χ3n) is 4.33. The molecule has 0 bridgehead atoms. The van der Waals surface area contributed by atoms with Gasteiger partial charge in [0, 0.05) is 30.4 Å². The van der Waals surface area contributed by atoms with E-state index in [0.717, 1.165) is 22.6 Å². The Balaban J connectivity index is 1.59. The number of hydrazine groups is 1. The maximum Gasteiger partial charge on any atom is 0.269 e. The summed E-state index contributed by atoms with van der Waals surface area (Å²) in [5, 5.41) is 4.21. The van der Waals surface area contributed by atoms with Gasteiger partial charge in [-0.15, -0.1) is 0 Å². The van der Waals surface area contributed by atoms with Gasteiger partial charge < -0.3 is 4.90 Å². The molecular weight excluding hydrogens is 334 g/mol. The highest BCUT2D eigenvalue weighted by Gasteiger charge is 2.23. The lowest BCUT2D eigenvalue weighted by atomic mass is 10.1. The van der Waals surface area contributed by atoms with Gasteiger partial charge in [0.2, 0.25) is 5.91 Å². The first-order chi connectivity index (χ1) is 12.3. The molecule has 3 amide bonds. The van der Waals surface area contributed by atoms with Crippen molar-refractivity contribution < 1.29 is 14.4 Å². The minimum absolute atomic E-state index is 0.0163. The lowest BCUT2D eigenvalue weighted by molar-refractivity contribution is -0.122. The normalized spacial score (nSPS) is 12.7. The average Bonchev–Trinajstić information content (AvgIpc) is 3.15. The zero-order valence-electron chi connectivity index (χ0n) is 15.0. The van der Waals surface area contributed by atoms with E-state index in [4.69, 9.17) is 0 Å². The average molecular weight is 355 g/mol. The van der Waals surface area contributed by atoms with Crippen LogP contribution in [0.1, 0.15) is 34.2 Å². The Morgan fingerprint density at radius 3 is 2.58 bits per heavy atom. The fourth-order valence-corrected chi connectivity index (χ4v) is 3.08. The maximum atomic E-state index is 12.3. The van der Waals surface area contributed by atoms with Gasteiger partial charge in [0.15, 0.2) is 0 Å². The van der Waals surface area contributed by atoms with E-state index in [1.807, 2.05) is 19.9 Å². The molecule has 1 aromatic carbocycles. The molecule has 1 aromatic heterocycles. The number of aromatic nitrogens is 2. The van der Waals surface area contributed by atoms with Crippen LogP contribution in [0.15, 0.2) is 24.3 Å². The molecular formula is C18H21N5O3. The number of nitrogens with one attached hydrogen (secondary N) is 2. The molecule has 3 rings (SSSR count). The van der Waals surface area contributed by atoms with Crippen LogP contribution in [0.4, 0.5) is 5.69 Å². The summed E-state index contributed by atoms with van der Waals surface area (Å²) in [4.78, 5) is 37.5. The third kappa shape index (κ3) is 3.58. The quantitative estimate of drug-likeness (QED) is 0.799. The zero-order chi connectivity index (χ0) is 18.8. The van der Waals surface area contributed by atoms with Crippen LogP contribution in [-0.2, 0) is 22.6 Å². The van der Waals surface area contributed by atoms with Crippen LogP contribution in [0.5, 0.6) is 0 Å². The molecule has 0 saturated heterocycles. The Kier molecular flexibility index (Phi) is 4.75. The highest BCUT2D eigenvalue weighted by molar-refractivity contribution is 5.98. The Bertz CT molecular complexity index is 887. The molecule has 0 radical (unpaired) electrons. The second-order valence-corrected chi connectivity index (χ2v) is 6.35. The summed E-state index contributed by atoms with van der Waals surface area (Å²) < 4.78 is 1.57. The second kappa shape index (κ2) is 6.99. The lowest BCUT2D eigenvalue weighted by Crippen LogP contribution is -2.43. The van der Waals surface area contributed by atoms with E-state index >= 15 is 0 Å². The molecule has 0 aliphatic carbocycles. The topological polar surface area (TPSA) is 96.3 Å². The first-order valence-corrected chi connectivity index (χ1v) is 8.36. The van der Waals surface area contributed by atoms with Gasteiger partial charge in [-0.2, -0.15) is 5.10 Å². The van der Waals surface area contributed by atoms with Crippen LogP contribution in [0.25, 0.3) is 0 Å². The Morgan fingerprint density at radius 1 is 1.15 bits per heavy atom. The van der Waals surface area contributed by atoms with Crippen LogP contribution in [0.3, 0.4) is 0 Å². The molecule has 2 N–H and O–H groups in total. The molecule has 2 aromatic rings. The number of rotatable bonds is 3. The monoisotopic (exact) mass is 355 g/mol. The van der Waals surface area contributed by atoms with Crippen LogP contribution in [0.2, 0.25) is 0 Å². The number of benzene rings is 1. The molecule has 0 fully saturated rings. The third-order valence-corrected chi connectivity index (χ3v) is 4.33. The van der Waals surface area contributed by atoms with Crippen LogP contribution >= 0.6 is 0 Å². The van der Waals surface area contributed by atoms with Gasteiger partial charge in [0.1, 0.15) is 6.54 Å². The molecule has 136 valence electrons. The summed E-state index contributed by atoms with van der Waals surface area (Å²) in [5.41, 5.74) is 8.72. The number of carbonyl (C=O) groups is 3. The van der Waals surface area contributed by atoms with Gasteiger partial charge in [-0.25, -0.2) is 0 Å². The fraction of sp³-hybridized carbons (Fsp3) is 0.333. The van der Waals surface area contributed by atoms with E-state index in [1.54, 1.807) is 27.8 Å². The van der Waals surface area contributed by atoms with Crippen LogP contribution < -0.4 is 15.8 Å². The maximum absolute atomic E-state index is 12.3. The molecule has 0 saturated carbocycles. The van der Waals surface area contributed by atoms with E-state index in [9.17, 15) is 14.4 Å². The molecule has 26 heavy (non-hydrogen) atoms. The zero-order valence-corrected chi connectivity index (χ0v) is 15.0. The summed E-state index contributed by atoms with van der Waals surface area (Å²) in [6.07, 6.45) is 0.709. The van der Waals surface area contributed by atoms with Crippen molar-refractivity contribution in [3.05, 3.63) is 46.8 Å². The predicted molar refractivity (Wildman–Crippen MR) is 95.5 cm³/mol. The molecule has 0 atom stereocenters. The van der Waals surface area contributed by atoms with E-state index in [1.165, 1.54) is 6.92 Å². The highest BCUT2D eigenvalue weighted by atomic mass is 16.2. The van der Waals surface area contributed by atoms with Crippen molar-refractivity contribution in [2.75, 3.05) is 11.4 Å². The van der Waals surface area contributed by atoms with Gasteiger partial charge in [0.25, 0.3) is 11.8 Å². The Hall–Kier alpha value is -3.16. The van der Waals surface area contributed by atoms with Gasteiger partial charge >= 0.3 is 0 Å². The van der Waals surface area contributed by atoms with E-state index < -0.39 is 5.91 Å². The SMILES string of the molecule is CC(=O)N1CCc2cc(C(=O)NNC(=O)Cn3nc(C)cc3C)ccc21. The van der Waals surface area contributed by atoms with Crippen LogP contribution in [-0.4, -0.2) is 34.0 Å². The largest absolute Gasteiger partial charge is 0.312 e. The second-order valence-electron chi connectivity index (χ2n) is 6.35. The summed E-state index contributed by atoms with van der Waals surface area (Å²) >= 11 is 0. The summed E-state index contributed by atoms with van der Waals surface area (Å²) in [5.74, 6) is -0.790. The van der Waals surface area contributed by atoms with Gasteiger partial charge in [-0.05, 0) is 50.1 Å². The summed E-state index contributed by atoms with van der Waals surface area (Å²) in [7, 11) is 0. The van der Waals surface area contributed by atoms with Crippen molar-refractivity contribution in [3.8, 4) is 0 Å². The van der Waals surface area contributed by atoms with Crippen molar-refractivity contribution in [1.82, 2.24) is 20.6 Å². The van der Waals surface area contributed by atoms with Crippen molar-refractivity contribution in [2.24, 2.45) is 0 Å². The first kappa shape index (κ1) is 17.7. The molecule has 1 aliphatic heterocycles. The number of nitrogens with zero attached hydrogens (tertiary/aromatic N) is 3. The molecule has 8 heteroatoms. The standard InChI is InChI=1S/C18H21N5O3/c1-11-8-12(2)23(21-11)10-17(25)19-20-18(26)15-4-5-16-14(9-15)6-7-22(16)13(3)24/h4-5,8-9H,6-7,10H2,1-3H3,(H,19,25)(H,20,26). The highest BCUT2D eigenvalue weighted by Crippen LogP contribution is 2.28. The number of fused-ring (bicyclic) bond motifs is 1. The van der Waals surface area contributed by atoms with Crippen molar-refractivity contribution in [3.63, 3.8) is 0 Å². The van der Waals surface area contributed by atoms with E-state index in [-0.39, 0.29) is 18.4 Å². The summed E-state index contributed by atoms with van der Waals surface area (Å²) in [6, 6.07) is 7.03. The van der Waals surface area contributed by atoms with E-state index in [0.29, 0.717) is 18.5 Å². The number of hydrogen-bond donors (Lipinski definition) is 2. The Labute approximate surface area is 151 Å². The number of hydrogen-bond acceptors (Lipinski definition) is 4. The number of aryl methyl sites for hydroxylation is 2. The smallest absolute Gasteiger partial charge is 0.269 e. The number of carbonyl (C=O) groups excluding carboxylic acids is 3. The summed E-state index contributed by atoms with van der Waals surface area (Å²) in [6.45, 7) is 5.88. The van der Waals surface area contributed by atoms with Gasteiger partial charge in [-0.1, -0.05) is 0 Å². The molecule has 0 unspecified atom stereocenters. The van der Waals surface area contributed by atoms with Crippen LogP contribution in [0, 0.1) is 13.8 Å². The molecule has 1 aliphatic rings. The van der Waals surface area contributed by atoms with E-state index in [2.05, 4.69) is 16.0 Å². The fourth-order valence-electron chi connectivity index (χ4n) is 3.08. The van der Waals surface area contributed by atoms with Crippen molar-refractivity contribution in [2.45, 2.75) is 33.7 Å². The lowest BCUT2D eigenvalue weighted by Gasteiger charge is -2.15. The molecule has 8 nitrogen and oxygen atoms in total. The van der Waals surface area contributed by atoms with Crippen molar-refractivity contribution in [1.29, 1.82) is 0 Å². The number of anilines is 1.